The van der Waals surface area contributed by atoms with E-state index in [2.05, 4.69) is 20.8 Å². The molecule has 0 fully saturated rings. The van der Waals surface area contributed by atoms with Crippen LogP contribution in [0.4, 0.5) is 0 Å². The first-order valence-corrected chi connectivity index (χ1v) is 6.86. The van der Waals surface area contributed by atoms with E-state index >= 15 is 0 Å². The van der Waals surface area contributed by atoms with Gasteiger partial charge in [0.05, 0.1) is 6.42 Å². The van der Waals surface area contributed by atoms with Crippen molar-refractivity contribution in [3.8, 4) is 5.75 Å². The average molecular weight is 264 g/mol. The molecule has 0 aliphatic heterocycles. The molecule has 1 N–H and O–H groups in total. The number of rotatable bonds is 4. The van der Waals surface area contributed by atoms with Crippen molar-refractivity contribution in [2.24, 2.45) is 0 Å². The van der Waals surface area contributed by atoms with Gasteiger partial charge in [0, 0.05) is 0 Å². The molecule has 0 aliphatic rings. The summed E-state index contributed by atoms with van der Waals surface area (Å²) in [5, 5.41) is 8.98. The van der Waals surface area contributed by atoms with Gasteiger partial charge in [0.1, 0.15) is 5.75 Å². The van der Waals surface area contributed by atoms with Gasteiger partial charge >= 0.3 is 15.7 Å². The summed E-state index contributed by atoms with van der Waals surface area (Å²) >= 11 is 0. The molecule has 1 rings (SSSR count). The van der Waals surface area contributed by atoms with Crippen LogP contribution in [0.5, 0.6) is 5.75 Å². The molecule has 0 unspecified atom stereocenters. The predicted molar refractivity (Wildman–Crippen MR) is 73.4 cm³/mol. The summed E-state index contributed by atoms with van der Waals surface area (Å²) in [7, 11) is 0.357. The zero-order valence-corrected chi connectivity index (χ0v) is 12.6. The molecule has 0 saturated carbocycles. The summed E-state index contributed by atoms with van der Waals surface area (Å²) in [5.74, 6) is 0.0215. The molecular weight excluding hydrogens is 244 g/mol. The summed E-state index contributed by atoms with van der Waals surface area (Å²) < 4.78 is 5.89. The van der Waals surface area contributed by atoms with Crippen molar-refractivity contribution in [3.05, 3.63) is 28.8 Å². The number of aryl methyl sites for hydroxylation is 1. The third kappa shape index (κ3) is 4.18. The Labute approximate surface area is 111 Å². The summed E-state index contributed by atoms with van der Waals surface area (Å²) in [6, 6.07) is 3.79. The quantitative estimate of drug-likeness (QED) is 0.850. The van der Waals surface area contributed by atoms with E-state index in [1.807, 2.05) is 26.0 Å². The topological polar surface area (TPSA) is 46.5 Å². The Morgan fingerprint density at radius 3 is 2.44 bits per heavy atom. The Morgan fingerprint density at radius 1 is 1.33 bits per heavy atom. The zero-order valence-electron chi connectivity index (χ0n) is 11.6. The van der Waals surface area contributed by atoms with Crippen molar-refractivity contribution < 1.29 is 14.3 Å². The summed E-state index contributed by atoms with van der Waals surface area (Å²) in [6.07, 6.45) is 0.0428. The number of carboxylic acid groups (broad SMARTS) is 1. The second kappa shape index (κ2) is 5.57. The first-order valence-electron chi connectivity index (χ1n) is 5.95. The molecule has 0 aromatic heterocycles. The fourth-order valence-electron chi connectivity index (χ4n) is 1.58. The molecule has 2 radical (unpaired) electrons. The Balaban J connectivity index is 2.99. The van der Waals surface area contributed by atoms with Crippen LogP contribution >= 0.6 is 0 Å². The van der Waals surface area contributed by atoms with Gasteiger partial charge in [-0.15, -0.1) is 0 Å². The van der Waals surface area contributed by atoms with Crippen molar-refractivity contribution in [2.75, 3.05) is 0 Å². The Hall–Kier alpha value is -1.29. The molecule has 98 valence electrons. The molecule has 4 heteroatoms. The van der Waals surface area contributed by atoms with E-state index in [0.717, 1.165) is 22.4 Å². The van der Waals surface area contributed by atoms with E-state index in [4.69, 9.17) is 9.53 Å². The van der Waals surface area contributed by atoms with Gasteiger partial charge in [-0.3, -0.25) is 4.79 Å². The number of carboxylic acids is 1. The Bertz CT molecular complexity index is 447. The molecule has 0 heterocycles. The van der Waals surface area contributed by atoms with Crippen molar-refractivity contribution in [1.29, 1.82) is 0 Å². The van der Waals surface area contributed by atoms with Gasteiger partial charge in [-0.25, -0.2) is 0 Å². The first kappa shape index (κ1) is 14.8. The van der Waals surface area contributed by atoms with Gasteiger partial charge in [-0.05, 0) is 35.6 Å². The maximum Gasteiger partial charge on any atom is 0.316 e. The van der Waals surface area contributed by atoms with Crippen LogP contribution in [0.3, 0.4) is 0 Å². The molecule has 1 aromatic carbocycles. The van der Waals surface area contributed by atoms with Crippen LogP contribution in [0.1, 0.15) is 37.5 Å². The standard InChI is InChI=1S/C14H20O3Si/c1-9-6-7-11(8-12(15)16)10(2)13(9)17-18-14(3,4)5/h6-7H,8H2,1-5H3,(H,15,16). The highest BCUT2D eigenvalue weighted by Gasteiger charge is 2.18. The lowest BCUT2D eigenvalue weighted by Crippen LogP contribution is -2.17. The first-order chi connectivity index (χ1) is 8.20. The van der Waals surface area contributed by atoms with E-state index in [1.54, 1.807) is 0 Å². The van der Waals surface area contributed by atoms with E-state index in [9.17, 15) is 4.79 Å². The lowest BCUT2D eigenvalue weighted by molar-refractivity contribution is -0.136. The minimum atomic E-state index is -0.814. The van der Waals surface area contributed by atoms with E-state index < -0.39 is 5.97 Å². The van der Waals surface area contributed by atoms with Crippen LogP contribution in [0.2, 0.25) is 5.04 Å². The van der Waals surface area contributed by atoms with Gasteiger partial charge in [-0.2, -0.15) is 0 Å². The molecule has 1 aromatic rings. The minimum absolute atomic E-state index is 0.0428. The van der Waals surface area contributed by atoms with E-state index in [0.29, 0.717) is 9.76 Å². The molecule has 3 nitrogen and oxygen atoms in total. The Morgan fingerprint density at radius 2 is 1.94 bits per heavy atom. The molecule has 0 bridgehead atoms. The smallest absolute Gasteiger partial charge is 0.316 e. The molecule has 0 amide bonds. The largest absolute Gasteiger partial charge is 0.540 e. The van der Waals surface area contributed by atoms with Crippen LogP contribution < -0.4 is 4.43 Å². The highest BCUT2D eigenvalue weighted by Crippen LogP contribution is 2.29. The van der Waals surface area contributed by atoms with E-state index in [1.165, 1.54) is 0 Å². The normalized spacial score (nSPS) is 11.4. The number of benzene rings is 1. The van der Waals surface area contributed by atoms with Gasteiger partial charge in [0.2, 0.25) is 0 Å². The van der Waals surface area contributed by atoms with Gasteiger partial charge in [-0.1, -0.05) is 32.9 Å². The number of hydrogen-bond acceptors (Lipinski definition) is 2. The summed E-state index contributed by atoms with van der Waals surface area (Å²) in [4.78, 5) is 10.8. The fraction of sp³-hybridized carbons (Fsp3) is 0.500. The number of aliphatic carboxylic acids is 1. The van der Waals surface area contributed by atoms with Crippen LogP contribution in [0.25, 0.3) is 0 Å². The van der Waals surface area contributed by atoms with Gasteiger partial charge in [0.25, 0.3) is 0 Å². The Kier molecular flexibility index (Phi) is 4.57. The zero-order chi connectivity index (χ0) is 13.9. The molecule has 0 saturated heterocycles. The number of carbonyl (C=O) groups is 1. The lowest BCUT2D eigenvalue weighted by atomic mass is 10.0. The minimum Gasteiger partial charge on any atom is -0.540 e. The van der Waals surface area contributed by atoms with Crippen LogP contribution in [0.15, 0.2) is 12.1 Å². The molecule has 0 atom stereocenters. The average Bonchev–Trinajstić information content (AvgIpc) is 2.20. The van der Waals surface area contributed by atoms with Crippen molar-refractivity contribution in [3.63, 3.8) is 0 Å². The molecular formula is C14H20O3Si. The lowest BCUT2D eigenvalue weighted by Gasteiger charge is -2.20. The third-order valence-corrected chi connectivity index (χ3v) is 3.43. The van der Waals surface area contributed by atoms with Crippen LogP contribution in [-0.2, 0) is 11.2 Å². The third-order valence-electron chi connectivity index (χ3n) is 2.52. The highest BCUT2D eigenvalue weighted by atomic mass is 28.2. The second-order valence-electron chi connectivity index (χ2n) is 5.52. The van der Waals surface area contributed by atoms with E-state index in [-0.39, 0.29) is 11.5 Å². The van der Waals surface area contributed by atoms with Gasteiger partial charge < -0.3 is 9.53 Å². The molecule has 0 spiro atoms. The summed E-state index contributed by atoms with van der Waals surface area (Å²) in [5.41, 5.74) is 2.81. The highest BCUT2D eigenvalue weighted by molar-refractivity contribution is 6.32. The number of hydrogen-bond donors (Lipinski definition) is 1. The molecule has 0 aliphatic carbocycles. The van der Waals surface area contributed by atoms with Crippen molar-refractivity contribution in [2.45, 2.75) is 46.1 Å². The summed E-state index contributed by atoms with van der Waals surface area (Å²) in [6.45, 7) is 10.3. The monoisotopic (exact) mass is 264 g/mol. The van der Waals surface area contributed by atoms with Crippen molar-refractivity contribution in [1.82, 2.24) is 0 Å². The van der Waals surface area contributed by atoms with Crippen LogP contribution in [0, 0.1) is 13.8 Å². The van der Waals surface area contributed by atoms with Crippen LogP contribution in [-0.4, -0.2) is 20.8 Å². The molecule has 18 heavy (non-hydrogen) atoms. The fourth-order valence-corrected chi connectivity index (χ4v) is 2.31. The maximum absolute atomic E-state index is 10.8. The second-order valence-corrected chi connectivity index (χ2v) is 7.43. The van der Waals surface area contributed by atoms with Gasteiger partial charge in [0.15, 0.2) is 0 Å². The SMILES string of the molecule is Cc1ccc(CC(=O)O)c(C)c1O[Si]C(C)(C)C. The van der Waals surface area contributed by atoms with Crippen molar-refractivity contribution >= 4 is 15.7 Å². The predicted octanol–water partition coefficient (Wildman–Crippen LogP) is 3.15. The maximum atomic E-state index is 10.8.